The van der Waals surface area contributed by atoms with Gasteiger partial charge in [0.05, 0.1) is 23.0 Å². The number of rotatable bonds is 4. The third kappa shape index (κ3) is 4.23. The Balaban J connectivity index is 0.00000256. The fraction of sp³-hybridized carbons (Fsp3) is 0.348. The Kier molecular flexibility index (Phi) is 6.26. The zero-order chi connectivity index (χ0) is 20.4. The lowest BCUT2D eigenvalue weighted by atomic mass is 10.0. The molecular weight excluding hydrogens is 374 g/mol. The molecule has 30 heavy (non-hydrogen) atoms. The first-order valence-corrected chi connectivity index (χ1v) is 9.68. The highest BCUT2D eigenvalue weighted by atomic mass is 15.2. The highest BCUT2D eigenvalue weighted by Gasteiger charge is 2.23. The van der Waals surface area contributed by atoms with Gasteiger partial charge in [-0.1, -0.05) is 13.5 Å². The van der Waals surface area contributed by atoms with E-state index in [-0.39, 0.29) is 13.5 Å². The minimum atomic E-state index is 0. The van der Waals surface area contributed by atoms with Crippen molar-refractivity contribution in [3.05, 3.63) is 70.7 Å². The molecule has 2 aromatic heterocycles. The van der Waals surface area contributed by atoms with Gasteiger partial charge in [0.15, 0.2) is 0 Å². The minimum Gasteiger partial charge on any atom is -0.366 e. The van der Waals surface area contributed by atoms with E-state index in [0.29, 0.717) is 12.1 Å². The summed E-state index contributed by atoms with van der Waals surface area (Å²) < 4.78 is 0. The Morgan fingerprint density at radius 3 is 2.63 bits per heavy atom. The van der Waals surface area contributed by atoms with E-state index in [1.54, 1.807) is 6.33 Å². The van der Waals surface area contributed by atoms with Crippen molar-refractivity contribution in [1.82, 2.24) is 19.9 Å². The summed E-state index contributed by atoms with van der Waals surface area (Å²) in [5.74, 6) is 1.57. The van der Waals surface area contributed by atoms with E-state index in [4.69, 9.17) is 0 Å². The van der Waals surface area contributed by atoms with Crippen LogP contribution in [0.15, 0.2) is 36.9 Å². The van der Waals surface area contributed by atoms with Crippen molar-refractivity contribution < 1.29 is 0 Å². The van der Waals surface area contributed by atoms with Crippen LogP contribution in [-0.4, -0.2) is 26.5 Å². The van der Waals surface area contributed by atoms with Crippen LogP contribution in [0.3, 0.4) is 0 Å². The van der Waals surface area contributed by atoms with Gasteiger partial charge in [-0.3, -0.25) is 0 Å². The van der Waals surface area contributed by atoms with Gasteiger partial charge < -0.3 is 10.2 Å². The maximum absolute atomic E-state index is 9.56. The van der Waals surface area contributed by atoms with E-state index in [0.717, 1.165) is 52.7 Å². The molecule has 154 valence electrons. The van der Waals surface area contributed by atoms with Crippen molar-refractivity contribution in [1.29, 1.82) is 5.26 Å². The van der Waals surface area contributed by atoms with Crippen LogP contribution in [0.4, 0.5) is 11.5 Å². The fourth-order valence-electron chi connectivity index (χ4n) is 3.60. The molecule has 3 aromatic rings. The molecule has 0 amide bonds. The lowest BCUT2D eigenvalue weighted by Crippen LogP contribution is -2.32. The molecule has 0 bridgehead atoms. The lowest BCUT2D eigenvalue weighted by Gasteiger charge is -2.32. The van der Waals surface area contributed by atoms with Gasteiger partial charge in [-0.25, -0.2) is 19.9 Å². The van der Waals surface area contributed by atoms with Crippen molar-refractivity contribution >= 4 is 11.5 Å². The first-order valence-electron chi connectivity index (χ1n) is 9.68. The number of aryl methyl sites for hydroxylation is 2. The Hall–Kier alpha value is -3.53. The number of aromatic nitrogens is 4. The van der Waals surface area contributed by atoms with Crippen LogP contribution in [0.2, 0.25) is 0 Å². The van der Waals surface area contributed by atoms with Gasteiger partial charge in [-0.15, -0.1) is 0 Å². The lowest BCUT2D eigenvalue weighted by molar-refractivity contribution is 0.702. The van der Waals surface area contributed by atoms with Gasteiger partial charge in [0.1, 0.15) is 24.0 Å². The van der Waals surface area contributed by atoms with Crippen LogP contribution in [0, 0.1) is 25.2 Å². The monoisotopic (exact) mass is 401 g/mol. The van der Waals surface area contributed by atoms with Crippen LogP contribution in [0.5, 0.6) is 0 Å². The van der Waals surface area contributed by atoms with E-state index in [9.17, 15) is 5.26 Å². The second-order valence-electron chi connectivity index (χ2n) is 7.38. The highest BCUT2D eigenvalue weighted by Crippen LogP contribution is 2.30. The Morgan fingerprint density at radius 2 is 1.90 bits per heavy atom. The van der Waals surface area contributed by atoms with Gasteiger partial charge in [0.25, 0.3) is 0 Å². The Morgan fingerprint density at radius 1 is 1.13 bits per heavy atom. The number of benzene rings is 1. The molecule has 7 nitrogen and oxygen atoms in total. The third-order valence-electron chi connectivity index (χ3n) is 5.27. The highest BCUT2D eigenvalue weighted by molar-refractivity contribution is 5.62. The topological polar surface area (TPSA) is 90.6 Å². The molecule has 1 aliphatic heterocycles. The van der Waals surface area contributed by atoms with E-state index < -0.39 is 0 Å². The first kappa shape index (κ1) is 21.2. The molecule has 1 atom stereocenters. The van der Waals surface area contributed by atoms with Crippen LogP contribution in [-0.2, 0) is 13.0 Å². The quantitative estimate of drug-likeness (QED) is 0.703. The smallest absolute Gasteiger partial charge is 0.135 e. The number of nitrogens with zero attached hydrogens (tertiary/aromatic N) is 6. The molecule has 3 heterocycles. The molecule has 0 saturated carbocycles. The van der Waals surface area contributed by atoms with Gasteiger partial charge >= 0.3 is 0 Å². The largest absolute Gasteiger partial charge is 0.366 e. The second-order valence-corrected chi connectivity index (χ2v) is 7.38. The van der Waals surface area contributed by atoms with Crippen LogP contribution in [0.1, 0.15) is 54.2 Å². The van der Waals surface area contributed by atoms with Crippen molar-refractivity contribution in [2.45, 2.75) is 47.2 Å². The molecule has 0 saturated heterocycles. The Bertz CT molecular complexity index is 1070. The summed E-state index contributed by atoms with van der Waals surface area (Å²) in [5, 5.41) is 13.1. The molecule has 0 spiro atoms. The standard InChI is InChI=1S/C22H23N7.CH4/c1-14-4-5-21(17(8-14)9-23)29-7-6-20-19(12-29)22(27-13-26-20)28-15(2)18-10-24-16(3)25-11-18;/h4-5,8,10-11,13,15H,6-7,12H2,1-3H3,(H,26,27,28);1H4/t15-;/m1./s1. The van der Waals surface area contributed by atoms with Crippen molar-refractivity contribution in [3.63, 3.8) is 0 Å². The van der Waals surface area contributed by atoms with Gasteiger partial charge in [0.2, 0.25) is 0 Å². The van der Waals surface area contributed by atoms with Crippen molar-refractivity contribution in [2.75, 3.05) is 16.8 Å². The maximum atomic E-state index is 9.56. The Labute approximate surface area is 177 Å². The number of hydrogen-bond donors (Lipinski definition) is 1. The van der Waals surface area contributed by atoms with E-state index >= 15 is 0 Å². The van der Waals surface area contributed by atoms with Gasteiger partial charge in [-0.2, -0.15) is 5.26 Å². The van der Waals surface area contributed by atoms with Crippen LogP contribution in [0.25, 0.3) is 0 Å². The zero-order valence-electron chi connectivity index (χ0n) is 16.8. The molecule has 7 heteroatoms. The maximum Gasteiger partial charge on any atom is 0.135 e. The summed E-state index contributed by atoms with van der Waals surface area (Å²) in [4.78, 5) is 19.8. The van der Waals surface area contributed by atoms with Gasteiger partial charge in [0, 0.05) is 43.0 Å². The molecule has 4 rings (SSSR count). The van der Waals surface area contributed by atoms with Crippen LogP contribution < -0.4 is 10.2 Å². The summed E-state index contributed by atoms with van der Waals surface area (Å²) in [7, 11) is 0. The number of anilines is 2. The predicted octanol–water partition coefficient (Wildman–Crippen LogP) is 4.13. The normalized spacial score (nSPS) is 13.6. The molecule has 0 aliphatic carbocycles. The van der Waals surface area contributed by atoms with Crippen molar-refractivity contribution in [3.8, 4) is 6.07 Å². The van der Waals surface area contributed by atoms with E-state index in [2.05, 4.69) is 43.1 Å². The average Bonchev–Trinajstić information content (AvgIpc) is 2.74. The summed E-state index contributed by atoms with van der Waals surface area (Å²) >= 11 is 0. The van der Waals surface area contributed by atoms with E-state index in [1.165, 1.54) is 0 Å². The zero-order valence-corrected chi connectivity index (χ0v) is 16.8. The summed E-state index contributed by atoms with van der Waals surface area (Å²) in [6.07, 6.45) is 6.10. The minimum absolute atomic E-state index is 0. The third-order valence-corrected chi connectivity index (χ3v) is 5.27. The summed E-state index contributed by atoms with van der Waals surface area (Å²) in [6, 6.07) is 8.35. The predicted molar refractivity (Wildman–Crippen MR) is 118 cm³/mol. The second kappa shape index (κ2) is 8.87. The summed E-state index contributed by atoms with van der Waals surface area (Å²) in [6.45, 7) is 7.42. The molecule has 1 aliphatic rings. The average molecular weight is 402 g/mol. The fourth-order valence-corrected chi connectivity index (χ4v) is 3.60. The van der Waals surface area contributed by atoms with E-state index in [1.807, 2.05) is 44.4 Å². The number of nitriles is 1. The van der Waals surface area contributed by atoms with Crippen molar-refractivity contribution in [2.24, 2.45) is 0 Å². The SMILES string of the molecule is C.Cc1ccc(N2CCc3ncnc(N[C@H](C)c4cnc(C)nc4)c3C2)c(C#N)c1. The number of hydrogen-bond acceptors (Lipinski definition) is 7. The molecule has 0 fully saturated rings. The number of fused-ring (bicyclic) bond motifs is 1. The molecule has 0 radical (unpaired) electrons. The van der Waals surface area contributed by atoms with Crippen LogP contribution >= 0.6 is 0 Å². The molecule has 1 aromatic carbocycles. The molecular formula is C23H27N7. The summed E-state index contributed by atoms with van der Waals surface area (Å²) in [5.41, 5.74) is 5.87. The van der Waals surface area contributed by atoms with Gasteiger partial charge in [-0.05, 0) is 38.5 Å². The number of nitrogens with one attached hydrogen (secondary N) is 1. The molecule has 1 N–H and O–H groups in total. The first-order chi connectivity index (χ1) is 14.0. The molecule has 0 unspecified atom stereocenters.